The monoisotopic (exact) mass is 602 g/mol. The minimum Gasteiger partial charge on any atom is -0.491 e. The van der Waals surface area contributed by atoms with Gasteiger partial charge in [-0.1, -0.05) is 39.1 Å². The zero-order valence-corrected chi connectivity index (χ0v) is 23.2. The third-order valence-electron chi connectivity index (χ3n) is 6.28. The fourth-order valence-electron chi connectivity index (χ4n) is 4.29. The van der Waals surface area contributed by atoms with Crippen molar-refractivity contribution in [3.8, 4) is 5.75 Å². The van der Waals surface area contributed by atoms with Crippen LogP contribution in [-0.2, 0) is 7.05 Å². The molecule has 2 aromatic carbocycles. The predicted molar refractivity (Wildman–Crippen MR) is 152 cm³/mol. The van der Waals surface area contributed by atoms with Crippen LogP contribution in [0.4, 0.5) is 17.3 Å². The topological polar surface area (TPSA) is 84.3 Å². The number of carbonyl (C=O) groups is 1. The molecule has 37 heavy (non-hydrogen) atoms. The van der Waals surface area contributed by atoms with Crippen molar-refractivity contribution in [2.75, 3.05) is 36.9 Å². The summed E-state index contributed by atoms with van der Waals surface area (Å²) >= 11 is 16.0. The van der Waals surface area contributed by atoms with Gasteiger partial charge in [0.2, 0.25) is 5.95 Å². The summed E-state index contributed by atoms with van der Waals surface area (Å²) < 4.78 is 8.98. The molecule has 1 fully saturated rings. The van der Waals surface area contributed by atoms with E-state index in [0.717, 1.165) is 29.6 Å². The number of benzene rings is 2. The van der Waals surface area contributed by atoms with Crippen molar-refractivity contribution in [2.24, 2.45) is 7.05 Å². The van der Waals surface area contributed by atoms with E-state index in [1.165, 1.54) is 25.2 Å². The van der Waals surface area contributed by atoms with Crippen molar-refractivity contribution in [1.82, 2.24) is 19.4 Å². The Bertz CT molecular complexity index is 1420. The number of amides is 1. The van der Waals surface area contributed by atoms with Gasteiger partial charge < -0.3 is 19.9 Å². The molecule has 0 radical (unpaired) electrons. The summed E-state index contributed by atoms with van der Waals surface area (Å²) in [6, 6.07) is 11.0. The third kappa shape index (κ3) is 5.85. The van der Waals surface area contributed by atoms with Gasteiger partial charge in [0.25, 0.3) is 5.91 Å². The molecule has 1 amide bonds. The Morgan fingerprint density at radius 2 is 1.81 bits per heavy atom. The van der Waals surface area contributed by atoms with Crippen molar-refractivity contribution >= 4 is 73.4 Å². The maximum absolute atomic E-state index is 13.3. The lowest BCUT2D eigenvalue weighted by molar-refractivity contribution is 0.102. The van der Waals surface area contributed by atoms with Crippen LogP contribution >= 0.6 is 39.1 Å². The minimum absolute atomic E-state index is 0.277. The number of fused-ring (bicyclic) bond motifs is 1. The summed E-state index contributed by atoms with van der Waals surface area (Å²) in [5.74, 6) is 0.732. The van der Waals surface area contributed by atoms with E-state index in [1.807, 2.05) is 41.9 Å². The van der Waals surface area contributed by atoms with Gasteiger partial charge in [0, 0.05) is 42.2 Å². The highest BCUT2D eigenvalue weighted by atomic mass is 79.9. The summed E-state index contributed by atoms with van der Waals surface area (Å²) in [6.45, 7) is 3.45. The molecule has 3 heterocycles. The Balaban J connectivity index is 1.47. The summed E-state index contributed by atoms with van der Waals surface area (Å²) in [7, 11) is 1.87. The Kier molecular flexibility index (Phi) is 7.85. The lowest BCUT2D eigenvalue weighted by Crippen LogP contribution is -2.25. The highest BCUT2D eigenvalue weighted by Crippen LogP contribution is 2.34. The van der Waals surface area contributed by atoms with Crippen LogP contribution in [0.2, 0.25) is 10.0 Å². The molecule has 2 N–H and O–H groups in total. The molecular weight excluding hydrogens is 579 g/mol. The lowest BCUT2D eigenvalue weighted by atomic mass is 10.1. The zero-order valence-electron chi connectivity index (χ0n) is 20.1. The summed E-state index contributed by atoms with van der Waals surface area (Å²) in [5, 5.41) is 6.89. The number of halogens is 3. The van der Waals surface area contributed by atoms with Gasteiger partial charge in [0.05, 0.1) is 32.3 Å². The number of carbonyl (C=O) groups excluding carboxylic acids is 1. The molecule has 4 aromatic rings. The number of imidazole rings is 1. The summed E-state index contributed by atoms with van der Waals surface area (Å²) in [6.07, 6.45) is 5.44. The fraction of sp³-hybridized carbons (Fsp3) is 0.269. The Hall–Kier alpha value is -2.85. The van der Waals surface area contributed by atoms with Crippen LogP contribution in [0.1, 0.15) is 23.2 Å². The number of nitrogens with zero attached hydrogens (tertiary/aromatic N) is 4. The average molecular weight is 604 g/mol. The molecule has 5 rings (SSSR count). The van der Waals surface area contributed by atoms with Gasteiger partial charge in [0.15, 0.2) is 0 Å². The first-order chi connectivity index (χ1) is 17.9. The van der Waals surface area contributed by atoms with Gasteiger partial charge in [-0.25, -0.2) is 4.98 Å². The molecular formula is C26H25BrCl2N6O2. The molecule has 0 aliphatic carbocycles. The van der Waals surface area contributed by atoms with Crippen molar-refractivity contribution in [2.45, 2.75) is 12.8 Å². The average Bonchev–Trinajstić information content (AvgIpc) is 3.50. The number of aryl methyl sites for hydroxylation is 1. The number of hydrogen-bond acceptors (Lipinski definition) is 6. The minimum atomic E-state index is -0.277. The molecule has 192 valence electrons. The molecule has 8 nitrogen and oxygen atoms in total. The van der Waals surface area contributed by atoms with Crippen LogP contribution in [0.25, 0.3) is 11.0 Å². The number of aromatic nitrogens is 3. The first kappa shape index (κ1) is 25.8. The van der Waals surface area contributed by atoms with E-state index in [-0.39, 0.29) is 5.91 Å². The Labute approximate surface area is 233 Å². The standard InChI is InChI=1S/C26H25BrCl2N6O2/c1-34-22-13-23(37-11-10-35-8-2-3-9-35)18(25(36)31-17-6-4-16(27)5-7-17)12-21(22)32-26(34)33-24-19(28)14-30-15-20(24)29/h4-7,12-15H,2-3,8-11H2,1H3,(H,31,36)(H,30,32,33). The highest BCUT2D eigenvalue weighted by Gasteiger charge is 2.20. The molecule has 2 aromatic heterocycles. The maximum atomic E-state index is 13.3. The van der Waals surface area contributed by atoms with Crippen LogP contribution in [-0.4, -0.2) is 51.6 Å². The van der Waals surface area contributed by atoms with Gasteiger partial charge in [-0.2, -0.15) is 0 Å². The van der Waals surface area contributed by atoms with E-state index in [0.29, 0.717) is 50.8 Å². The number of rotatable bonds is 8. The number of pyridine rings is 1. The van der Waals surface area contributed by atoms with E-state index < -0.39 is 0 Å². The molecule has 0 spiro atoms. The van der Waals surface area contributed by atoms with Gasteiger partial charge in [-0.15, -0.1) is 0 Å². The van der Waals surface area contributed by atoms with Gasteiger partial charge in [0.1, 0.15) is 12.4 Å². The maximum Gasteiger partial charge on any atom is 0.259 e. The zero-order chi connectivity index (χ0) is 25.9. The molecule has 1 aliphatic heterocycles. The normalized spacial score (nSPS) is 13.7. The van der Waals surface area contributed by atoms with Crippen LogP contribution in [0.3, 0.4) is 0 Å². The molecule has 0 atom stereocenters. The van der Waals surface area contributed by atoms with Crippen molar-refractivity contribution in [3.63, 3.8) is 0 Å². The second-order valence-corrected chi connectivity index (χ2v) is 10.5. The first-order valence-corrected chi connectivity index (χ1v) is 13.4. The molecule has 1 aliphatic rings. The Morgan fingerprint density at radius 1 is 1.11 bits per heavy atom. The van der Waals surface area contributed by atoms with Crippen LogP contribution in [0, 0.1) is 0 Å². The third-order valence-corrected chi connectivity index (χ3v) is 7.38. The van der Waals surface area contributed by atoms with Gasteiger partial charge in [-0.3, -0.25) is 14.7 Å². The fourth-order valence-corrected chi connectivity index (χ4v) is 5.02. The van der Waals surface area contributed by atoms with Crippen molar-refractivity contribution < 1.29 is 9.53 Å². The number of ether oxygens (including phenoxy) is 1. The highest BCUT2D eigenvalue weighted by molar-refractivity contribution is 9.10. The van der Waals surface area contributed by atoms with E-state index in [4.69, 9.17) is 32.9 Å². The molecule has 1 saturated heterocycles. The lowest BCUT2D eigenvalue weighted by Gasteiger charge is -2.17. The van der Waals surface area contributed by atoms with E-state index in [9.17, 15) is 4.79 Å². The van der Waals surface area contributed by atoms with Crippen molar-refractivity contribution in [1.29, 1.82) is 0 Å². The number of anilines is 3. The van der Waals surface area contributed by atoms with Crippen LogP contribution in [0.5, 0.6) is 5.75 Å². The second kappa shape index (κ2) is 11.3. The van der Waals surface area contributed by atoms with Crippen LogP contribution in [0.15, 0.2) is 53.3 Å². The Morgan fingerprint density at radius 3 is 2.51 bits per heavy atom. The summed E-state index contributed by atoms with van der Waals surface area (Å²) in [4.78, 5) is 24.4. The quantitative estimate of drug-likeness (QED) is 0.239. The molecule has 0 bridgehead atoms. The second-order valence-electron chi connectivity index (χ2n) is 8.79. The smallest absolute Gasteiger partial charge is 0.259 e. The molecule has 0 unspecified atom stereocenters. The summed E-state index contributed by atoms with van der Waals surface area (Å²) in [5.41, 5.74) is 3.01. The van der Waals surface area contributed by atoms with E-state index in [1.54, 1.807) is 6.07 Å². The number of hydrogen-bond donors (Lipinski definition) is 2. The van der Waals surface area contributed by atoms with Gasteiger partial charge >= 0.3 is 0 Å². The van der Waals surface area contributed by atoms with Crippen LogP contribution < -0.4 is 15.4 Å². The largest absolute Gasteiger partial charge is 0.491 e. The van der Waals surface area contributed by atoms with Gasteiger partial charge in [-0.05, 0) is 56.3 Å². The van der Waals surface area contributed by atoms with E-state index >= 15 is 0 Å². The first-order valence-electron chi connectivity index (χ1n) is 11.9. The number of nitrogens with one attached hydrogen (secondary N) is 2. The molecule has 11 heteroatoms. The predicted octanol–water partition coefficient (Wildman–Crippen LogP) is 6.51. The number of likely N-dealkylation sites (tertiary alicyclic amines) is 1. The van der Waals surface area contributed by atoms with Crippen molar-refractivity contribution in [3.05, 3.63) is 68.9 Å². The molecule has 0 saturated carbocycles. The SMILES string of the molecule is Cn1c(Nc2c(Cl)cncc2Cl)nc2cc(C(=O)Nc3ccc(Br)cc3)c(OCCN3CCCC3)cc21. The van der Waals surface area contributed by atoms with E-state index in [2.05, 4.69) is 36.4 Å².